The molecule has 0 heterocycles. The summed E-state index contributed by atoms with van der Waals surface area (Å²) in [6.45, 7) is 4.09. The minimum Gasteiger partial charge on any atom is -0.427 e. The van der Waals surface area contributed by atoms with E-state index in [1.54, 1.807) is 0 Å². The molecule has 2 bridgehead atoms. The molecular formula is C17H20O2. The Morgan fingerprint density at radius 1 is 1.21 bits per heavy atom. The SMILES string of the molecule is Cc1ccc(OC(=O)CC2CC3C=CC2C3)cc1C. The zero-order valence-electron chi connectivity index (χ0n) is 11.6. The molecule has 19 heavy (non-hydrogen) atoms. The average Bonchev–Trinajstić information content (AvgIpc) is 2.96. The van der Waals surface area contributed by atoms with E-state index in [4.69, 9.17) is 4.74 Å². The minimum atomic E-state index is -0.0887. The third kappa shape index (κ3) is 2.58. The van der Waals surface area contributed by atoms with Crippen molar-refractivity contribution in [3.8, 4) is 5.75 Å². The molecule has 3 atom stereocenters. The van der Waals surface area contributed by atoms with Gasteiger partial charge in [-0.25, -0.2) is 0 Å². The molecule has 1 saturated carbocycles. The Morgan fingerprint density at radius 2 is 2.05 bits per heavy atom. The van der Waals surface area contributed by atoms with Gasteiger partial charge in [0.1, 0.15) is 5.75 Å². The predicted molar refractivity (Wildman–Crippen MR) is 75.0 cm³/mol. The number of aryl methyl sites for hydroxylation is 2. The van der Waals surface area contributed by atoms with Crippen LogP contribution in [0.1, 0.15) is 30.4 Å². The summed E-state index contributed by atoms with van der Waals surface area (Å²) in [4.78, 5) is 12.0. The number of ether oxygens (including phenoxy) is 1. The number of carbonyl (C=O) groups is 1. The van der Waals surface area contributed by atoms with Crippen LogP contribution < -0.4 is 4.74 Å². The molecule has 0 N–H and O–H groups in total. The van der Waals surface area contributed by atoms with Gasteiger partial charge in [-0.2, -0.15) is 0 Å². The van der Waals surface area contributed by atoms with E-state index in [0.29, 0.717) is 29.9 Å². The van der Waals surface area contributed by atoms with Crippen LogP contribution in [0, 0.1) is 31.6 Å². The monoisotopic (exact) mass is 256 g/mol. The number of esters is 1. The van der Waals surface area contributed by atoms with Gasteiger partial charge >= 0.3 is 5.97 Å². The van der Waals surface area contributed by atoms with Gasteiger partial charge < -0.3 is 4.74 Å². The number of carbonyl (C=O) groups excluding carboxylic acids is 1. The Labute approximate surface area is 114 Å². The summed E-state index contributed by atoms with van der Waals surface area (Å²) in [6, 6.07) is 5.81. The molecule has 3 rings (SSSR count). The van der Waals surface area contributed by atoms with E-state index in [1.165, 1.54) is 12.0 Å². The molecule has 0 saturated heterocycles. The molecular weight excluding hydrogens is 236 g/mol. The molecule has 1 aromatic rings. The number of rotatable bonds is 3. The molecule has 0 aliphatic heterocycles. The molecule has 1 fully saturated rings. The van der Waals surface area contributed by atoms with Gasteiger partial charge in [0.2, 0.25) is 0 Å². The van der Waals surface area contributed by atoms with Crippen molar-refractivity contribution in [2.45, 2.75) is 33.1 Å². The Morgan fingerprint density at radius 3 is 2.68 bits per heavy atom. The number of benzene rings is 1. The van der Waals surface area contributed by atoms with Crippen LogP contribution in [-0.4, -0.2) is 5.97 Å². The maximum absolute atomic E-state index is 12.0. The summed E-state index contributed by atoms with van der Waals surface area (Å²) < 4.78 is 5.46. The average molecular weight is 256 g/mol. The molecule has 2 aliphatic rings. The molecule has 2 heteroatoms. The Balaban J connectivity index is 1.59. The zero-order valence-corrected chi connectivity index (χ0v) is 11.6. The Kier molecular flexibility index (Phi) is 3.17. The molecule has 2 aliphatic carbocycles. The standard InChI is InChI=1S/C17H20O2/c1-11-3-6-16(7-12(11)2)19-17(18)10-15-9-13-4-5-14(15)8-13/h3-7,13-15H,8-10H2,1-2H3. The number of fused-ring (bicyclic) bond motifs is 2. The van der Waals surface area contributed by atoms with Crippen molar-refractivity contribution in [1.29, 1.82) is 0 Å². The molecule has 0 amide bonds. The van der Waals surface area contributed by atoms with Crippen LogP contribution in [0.3, 0.4) is 0 Å². The van der Waals surface area contributed by atoms with Crippen molar-refractivity contribution in [2.75, 3.05) is 0 Å². The number of hydrogen-bond donors (Lipinski definition) is 0. The highest BCUT2D eigenvalue weighted by molar-refractivity contribution is 5.73. The third-order valence-electron chi connectivity index (χ3n) is 4.56. The van der Waals surface area contributed by atoms with E-state index in [2.05, 4.69) is 19.1 Å². The van der Waals surface area contributed by atoms with E-state index >= 15 is 0 Å². The van der Waals surface area contributed by atoms with Gasteiger partial charge in [0.05, 0.1) is 0 Å². The second-order valence-corrected chi connectivity index (χ2v) is 5.96. The Hall–Kier alpha value is -1.57. The van der Waals surface area contributed by atoms with Crippen LogP contribution in [0.4, 0.5) is 0 Å². The highest BCUT2D eigenvalue weighted by atomic mass is 16.5. The first-order valence-electron chi connectivity index (χ1n) is 7.08. The fourth-order valence-electron chi connectivity index (χ4n) is 3.29. The van der Waals surface area contributed by atoms with Crippen molar-refractivity contribution in [1.82, 2.24) is 0 Å². The summed E-state index contributed by atoms with van der Waals surface area (Å²) >= 11 is 0. The quantitative estimate of drug-likeness (QED) is 0.467. The summed E-state index contributed by atoms with van der Waals surface area (Å²) in [7, 11) is 0. The zero-order chi connectivity index (χ0) is 13.4. The van der Waals surface area contributed by atoms with Gasteiger partial charge in [0, 0.05) is 6.42 Å². The molecule has 0 aromatic heterocycles. The molecule has 0 spiro atoms. The maximum atomic E-state index is 12.0. The second kappa shape index (κ2) is 4.84. The van der Waals surface area contributed by atoms with Crippen LogP contribution in [0.25, 0.3) is 0 Å². The summed E-state index contributed by atoms with van der Waals surface area (Å²) in [6.07, 6.45) is 7.53. The van der Waals surface area contributed by atoms with Crippen molar-refractivity contribution in [3.63, 3.8) is 0 Å². The van der Waals surface area contributed by atoms with Gasteiger partial charge in [0.15, 0.2) is 0 Å². The fraction of sp³-hybridized carbons (Fsp3) is 0.471. The molecule has 100 valence electrons. The van der Waals surface area contributed by atoms with Crippen LogP contribution in [0.5, 0.6) is 5.75 Å². The molecule has 0 radical (unpaired) electrons. The first-order chi connectivity index (χ1) is 9.11. The van der Waals surface area contributed by atoms with Crippen LogP contribution in [-0.2, 0) is 4.79 Å². The Bertz CT molecular complexity index is 530. The van der Waals surface area contributed by atoms with E-state index in [-0.39, 0.29) is 5.97 Å². The summed E-state index contributed by atoms with van der Waals surface area (Å²) in [5, 5.41) is 0. The van der Waals surface area contributed by atoms with Crippen LogP contribution in [0.15, 0.2) is 30.4 Å². The van der Waals surface area contributed by atoms with Gasteiger partial charge in [-0.3, -0.25) is 4.79 Å². The normalized spacial score (nSPS) is 27.8. The van der Waals surface area contributed by atoms with E-state index in [0.717, 1.165) is 12.0 Å². The lowest BCUT2D eigenvalue weighted by Crippen LogP contribution is -2.17. The summed E-state index contributed by atoms with van der Waals surface area (Å²) in [5.74, 6) is 2.40. The van der Waals surface area contributed by atoms with Crippen LogP contribution >= 0.6 is 0 Å². The smallest absolute Gasteiger partial charge is 0.311 e. The highest BCUT2D eigenvalue weighted by Crippen LogP contribution is 2.44. The van der Waals surface area contributed by atoms with E-state index < -0.39 is 0 Å². The third-order valence-corrected chi connectivity index (χ3v) is 4.56. The van der Waals surface area contributed by atoms with Gasteiger partial charge in [0.25, 0.3) is 0 Å². The summed E-state index contributed by atoms with van der Waals surface area (Å²) in [5.41, 5.74) is 2.38. The van der Waals surface area contributed by atoms with Crippen LogP contribution in [0.2, 0.25) is 0 Å². The fourth-order valence-corrected chi connectivity index (χ4v) is 3.29. The van der Waals surface area contributed by atoms with E-state index in [9.17, 15) is 4.79 Å². The van der Waals surface area contributed by atoms with Crippen molar-refractivity contribution >= 4 is 5.97 Å². The maximum Gasteiger partial charge on any atom is 0.311 e. The number of hydrogen-bond acceptors (Lipinski definition) is 2. The van der Waals surface area contributed by atoms with Crippen molar-refractivity contribution in [3.05, 3.63) is 41.5 Å². The van der Waals surface area contributed by atoms with E-state index in [1.807, 2.05) is 25.1 Å². The number of allylic oxidation sites excluding steroid dienone is 2. The van der Waals surface area contributed by atoms with Gasteiger partial charge in [-0.05, 0) is 67.7 Å². The molecule has 3 unspecified atom stereocenters. The first kappa shape index (κ1) is 12.5. The van der Waals surface area contributed by atoms with Gasteiger partial charge in [-0.15, -0.1) is 0 Å². The highest BCUT2D eigenvalue weighted by Gasteiger charge is 2.36. The lowest BCUT2D eigenvalue weighted by molar-refractivity contribution is -0.135. The van der Waals surface area contributed by atoms with Gasteiger partial charge in [-0.1, -0.05) is 18.2 Å². The molecule has 1 aromatic carbocycles. The van der Waals surface area contributed by atoms with Crippen molar-refractivity contribution < 1.29 is 9.53 Å². The lowest BCUT2D eigenvalue weighted by Gasteiger charge is -2.16. The first-order valence-corrected chi connectivity index (χ1v) is 7.08. The second-order valence-electron chi connectivity index (χ2n) is 5.96. The largest absolute Gasteiger partial charge is 0.427 e. The molecule has 2 nitrogen and oxygen atoms in total. The predicted octanol–water partition coefficient (Wildman–Crippen LogP) is 3.81. The minimum absolute atomic E-state index is 0.0887. The lowest BCUT2D eigenvalue weighted by atomic mass is 9.91. The topological polar surface area (TPSA) is 26.3 Å². The van der Waals surface area contributed by atoms with Crippen molar-refractivity contribution in [2.24, 2.45) is 17.8 Å².